The zero-order chi connectivity index (χ0) is 15.5. The third-order valence-electron chi connectivity index (χ3n) is 4.36. The van der Waals surface area contributed by atoms with Crippen molar-refractivity contribution in [2.45, 2.75) is 39.0 Å². The molecular formula is C16H20BrNO3. The maximum absolute atomic E-state index is 12.3. The van der Waals surface area contributed by atoms with Gasteiger partial charge in [-0.1, -0.05) is 41.3 Å². The van der Waals surface area contributed by atoms with Gasteiger partial charge in [0.15, 0.2) is 0 Å². The highest BCUT2D eigenvalue weighted by Crippen LogP contribution is 2.36. The van der Waals surface area contributed by atoms with Gasteiger partial charge in [-0.25, -0.2) is 0 Å². The van der Waals surface area contributed by atoms with Crippen LogP contribution in [0, 0.1) is 12.3 Å². The van der Waals surface area contributed by atoms with Gasteiger partial charge in [-0.2, -0.15) is 0 Å². The average Bonchev–Trinajstić information content (AvgIpc) is 2.48. The summed E-state index contributed by atoms with van der Waals surface area (Å²) in [4.78, 5) is 23.9. The number of amides is 1. The molecule has 1 aliphatic rings. The molecule has 21 heavy (non-hydrogen) atoms. The number of benzene rings is 1. The van der Waals surface area contributed by atoms with E-state index in [4.69, 9.17) is 0 Å². The first kappa shape index (κ1) is 16.0. The molecule has 0 unspecified atom stereocenters. The van der Waals surface area contributed by atoms with Crippen molar-refractivity contribution in [1.29, 1.82) is 0 Å². The number of carbonyl (C=O) groups excluding carboxylic acids is 1. The molecule has 0 bridgehead atoms. The lowest BCUT2D eigenvalue weighted by Gasteiger charge is -2.33. The lowest BCUT2D eigenvalue weighted by atomic mass is 9.74. The van der Waals surface area contributed by atoms with Crippen LogP contribution < -0.4 is 5.32 Å². The zero-order valence-electron chi connectivity index (χ0n) is 12.1. The van der Waals surface area contributed by atoms with Crippen molar-refractivity contribution in [2.24, 2.45) is 5.41 Å². The van der Waals surface area contributed by atoms with Gasteiger partial charge >= 0.3 is 5.97 Å². The summed E-state index contributed by atoms with van der Waals surface area (Å²) in [5.41, 5.74) is 0.650. The van der Waals surface area contributed by atoms with Gasteiger partial charge < -0.3 is 10.4 Å². The molecule has 4 nitrogen and oxygen atoms in total. The number of rotatable bonds is 4. The molecule has 114 valence electrons. The summed E-state index contributed by atoms with van der Waals surface area (Å²) >= 11 is 3.40. The Hall–Kier alpha value is -1.36. The number of carbonyl (C=O) groups is 2. The molecule has 1 fully saturated rings. The Morgan fingerprint density at radius 2 is 1.95 bits per heavy atom. The SMILES string of the molecule is Cc1c(Br)cccc1C(=O)NCC1(C(=O)O)CCCCC1. The Bertz CT molecular complexity index is 550. The van der Waals surface area contributed by atoms with E-state index in [0.717, 1.165) is 29.3 Å². The number of hydrogen-bond donors (Lipinski definition) is 2. The van der Waals surface area contributed by atoms with Gasteiger partial charge in [-0.15, -0.1) is 0 Å². The molecular weight excluding hydrogens is 334 g/mol. The first-order chi connectivity index (χ1) is 9.96. The van der Waals surface area contributed by atoms with E-state index in [1.165, 1.54) is 0 Å². The highest BCUT2D eigenvalue weighted by Gasteiger charge is 2.39. The predicted octanol–water partition coefficient (Wildman–Crippen LogP) is 3.52. The molecule has 1 aromatic carbocycles. The summed E-state index contributed by atoms with van der Waals surface area (Å²) in [5, 5.41) is 12.3. The summed E-state index contributed by atoms with van der Waals surface area (Å²) < 4.78 is 0.876. The second-order valence-corrected chi connectivity index (χ2v) is 6.60. The van der Waals surface area contributed by atoms with E-state index in [0.29, 0.717) is 18.4 Å². The van der Waals surface area contributed by atoms with Crippen molar-refractivity contribution >= 4 is 27.8 Å². The Labute approximate surface area is 133 Å². The van der Waals surface area contributed by atoms with E-state index in [-0.39, 0.29) is 12.5 Å². The van der Waals surface area contributed by atoms with Crippen molar-refractivity contribution in [3.8, 4) is 0 Å². The minimum atomic E-state index is -0.798. The Morgan fingerprint density at radius 3 is 2.57 bits per heavy atom. The van der Waals surface area contributed by atoms with Crippen molar-refractivity contribution < 1.29 is 14.7 Å². The monoisotopic (exact) mass is 353 g/mol. The van der Waals surface area contributed by atoms with E-state index in [1.807, 2.05) is 13.0 Å². The molecule has 0 spiro atoms. The minimum Gasteiger partial charge on any atom is -0.481 e. The lowest BCUT2D eigenvalue weighted by Crippen LogP contribution is -2.44. The molecule has 0 radical (unpaired) electrons. The van der Waals surface area contributed by atoms with Crippen LogP contribution in [0.1, 0.15) is 48.0 Å². The zero-order valence-corrected chi connectivity index (χ0v) is 13.7. The van der Waals surface area contributed by atoms with Crippen LogP contribution in [0.25, 0.3) is 0 Å². The maximum atomic E-state index is 12.3. The van der Waals surface area contributed by atoms with Crippen molar-refractivity contribution in [3.63, 3.8) is 0 Å². The first-order valence-electron chi connectivity index (χ1n) is 7.23. The van der Waals surface area contributed by atoms with E-state index >= 15 is 0 Å². The molecule has 1 aromatic rings. The third kappa shape index (κ3) is 3.46. The number of aliphatic carboxylic acids is 1. The molecule has 0 aliphatic heterocycles. The number of carboxylic acids is 1. The Morgan fingerprint density at radius 1 is 1.29 bits per heavy atom. The van der Waals surface area contributed by atoms with Gasteiger partial charge in [0, 0.05) is 16.6 Å². The average molecular weight is 354 g/mol. The number of hydrogen-bond acceptors (Lipinski definition) is 2. The molecule has 0 saturated heterocycles. The second-order valence-electron chi connectivity index (χ2n) is 5.74. The second kappa shape index (κ2) is 6.60. The van der Waals surface area contributed by atoms with Crippen molar-refractivity contribution in [3.05, 3.63) is 33.8 Å². The Kier molecular flexibility index (Phi) is 5.04. The van der Waals surface area contributed by atoms with E-state index in [9.17, 15) is 14.7 Å². The van der Waals surface area contributed by atoms with Gasteiger partial charge in [0.1, 0.15) is 0 Å². The van der Waals surface area contributed by atoms with Gasteiger partial charge in [0.05, 0.1) is 5.41 Å². The molecule has 0 atom stereocenters. The molecule has 2 rings (SSSR count). The quantitative estimate of drug-likeness (QED) is 0.869. The maximum Gasteiger partial charge on any atom is 0.311 e. The smallest absolute Gasteiger partial charge is 0.311 e. The first-order valence-corrected chi connectivity index (χ1v) is 8.02. The minimum absolute atomic E-state index is 0.202. The standard InChI is InChI=1S/C16H20BrNO3/c1-11-12(6-5-7-13(11)17)14(19)18-10-16(15(20)21)8-3-2-4-9-16/h5-7H,2-4,8-10H2,1H3,(H,18,19)(H,20,21). The highest BCUT2D eigenvalue weighted by molar-refractivity contribution is 9.10. The van der Waals surface area contributed by atoms with E-state index < -0.39 is 11.4 Å². The van der Waals surface area contributed by atoms with E-state index in [1.54, 1.807) is 12.1 Å². The van der Waals surface area contributed by atoms with Crippen molar-refractivity contribution in [2.75, 3.05) is 6.54 Å². The summed E-state index contributed by atoms with van der Waals surface area (Å²) in [6.45, 7) is 2.07. The van der Waals surface area contributed by atoms with Crippen LogP contribution in [0.15, 0.2) is 22.7 Å². The van der Waals surface area contributed by atoms with Crippen LogP contribution in [0.5, 0.6) is 0 Å². The third-order valence-corrected chi connectivity index (χ3v) is 5.22. The van der Waals surface area contributed by atoms with Gasteiger partial charge in [0.25, 0.3) is 5.91 Å². The summed E-state index contributed by atoms with van der Waals surface area (Å²) in [6, 6.07) is 5.44. The summed E-state index contributed by atoms with van der Waals surface area (Å²) in [5.74, 6) is -1.01. The van der Waals surface area contributed by atoms with Crippen LogP contribution >= 0.6 is 15.9 Å². The number of carboxylic acid groups (broad SMARTS) is 1. The van der Waals surface area contributed by atoms with Crippen LogP contribution in [-0.4, -0.2) is 23.5 Å². The van der Waals surface area contributed by atoms with Crippen LogP contribution in [0.4, 0.5) is 0 Å². The van der Waals surface area contributed by atoms with Crippen LogP contribution in [-0.2, 0) is 4.79 Å². The largest absolute Gasteiger partial charge is 0.481 e. The lowest BCUT2D eigenvalue weighted by molar-refractivity contribution is -0.150. The fraction of sp³-hybridized carbons (Fsp3) is 0.500. The van der Waals surface area contributed by atoms with Gasteiger partial charge in [-0.05, 0) is 37.5 Å². The van der Waals surface area contributed by atoms with E-state index in [2.05, 4.69) is 21.2 Å². The molecule has 1 amide bonds. The van der Waals surface area contributed by atoms with Gasteiger partial charge in [0.2, 0.25) is 0 Å². The molecule has 2 N–H and O–H groups in total. The van der Waals surface area contributed by atoms with Crippen molar-refractivity contribution in [1.82, 2.24) is 5.32 Å². The molecule has 1 aliphatic carbocycles. The number of nitrogens with one attached hydrogen (secondary N) is 1. The normalized spacial score (nSPS) is 17.2. The van der Waals surface area contributed by atoms with Crippen LogP contribution in [0.3, 0.4) is 0 Å². The molecule has 0 heterocycles. The van der Waals surface area contributed by atoms with Gasteiger partial charge in [-0.3, -0.25) is 9.59 Å². The molecule has 5 heteroatoms. The predicted molar refractivity (Wildman–Crippen MR) is 84.4 cm³/mol. The molecule has 0 aromatic heterocycles. The molecule has 1 saturated carbocycles. The Balaban J connectivity index is 2.09. The summed E-state index contributed by atoms with van der Waals surface area (Å²) in [7, 11) is 0. The fourth-order valence-corrected chi connectivity index (χ4v) is 3.26. The van der Waals surface area contributed by atoms with Crippen LogP contribution in [0.2, 0.25) is 0 Å². The highest BCUT2D eigenvalue weighted by atomic mass is 79.9. The topological polar surface area (TPSA) is 66.4 Å². The summed E-state index contributed by atoms with van der Waals surface area (Å²) in [6.07, 6.45) is 4.18. The fourth-order valence-electron chi connectivity index (χ4n) is 2.89. The number of halogens is 1.